The molecule has 0 amide bonds. The second kappa shape index (κ2) is 2.32. The van der Waals surface area contributed by atoms with E-state index >= 15 is 0 Å². The van der Waals surface area contributed by atoms with Gasteiger partial charge in [-0.1, -0.05) is 12.1 Å². The van der Waals surface area contributed by atoms with E-state index < -0.39 is 0 Å². The fourth-order valence-corrected chi connectivity index (χ4v) is 1.73. The Bertz CT molecular complexity index is 496. The number of hydrogen-bond donors (Lipinski definition) is 0. The molecule has 0 radical (unpaired) electrons. The Balaban J connectivity index is 2.21. The quantitative estimate of drug-likeness (QED) is 0.679. The molecule has 0 unspecified atom stereocenters. The van der Waals surface area contributed by atoms with Gasteiger partial charge in [0.15, 0.2) is 5.65 Å². The van der Waals surface area contributed by atoms with Crippen LogP contribution in [-0.2, 0) is 12.5 Å². The van der Waals surface area contributed by atoms with Gasteiger partial charge in [0.25, 0.3) is 0 Å². The van der Waals surface area contributed by atoms with Crippen molar-refractivity contribution >= 4 is 11.2 Å². The molecule has 2 aromatic rings. The van der Waals surface area contributed by atoms with Crippen LogP contribution >= 0.6 is 0 Å². The molecular formula is C10H12N4. The van der Waals surface area contributed by atoms with Crippen LogP contribution in [0.2, 0.25) is 0 Å². The van der Waals surface area contributed by atoms with Crippen LogP contribution in [0.5, 0.6) is 0 Å². The van der Waals surface area contributed by atoms with Gasteiger partial charge in [-0.05, 0) is 29.9 Å². The highest BCUT2D eigenvalue weighted by Gasteiger charge is 2.39. The van der Waals surface area contributed by atoms with Crippen molar-refractivity contribution in [3.8, 4) is 0 Å². The molecule has 0 atom stereocenters. The number of aryl methyl sites for hydroxylation is 1. The van der Waals surface area contributed by atoms with Crippen LogP contribution in [0.3, 0.4) is 0 Å². The van der Waals surface area contributed by atoms with E-state index in [-0.39, 0.29) is 0 Å². The highest BCUT2D eigenvalue weighted by atomic mass is 15.4. The van der Waals surface area contributed by atoms with Crippen LogP contribution in [0.1, 0.15) is 25.3 Å². The summed E-state index contributed by atoms with van der Waals surface area (Å²) in [6.45, 7) is 2.27. The summed E-state index contributed by atoms with van der Waals surface area (Å²) in [7, 11) is 1.86. The van der Waals surface area contributed by atoms with E-state index in [1.54, 1.807) is 4.68 Å². The molecule has 0 spiro atoms. The molecule has 1 saturated carbocycles. The van der Waals surface area contributed by atoms with E-state index in [2.05, 4.69) is 28.3 Å². The first-order valence-corrected chi connectivity index (χ1v) is 4.85. The summed E-state index contributed by atoms with van der Waals surface area (Å²) in [5.74, 6) is 0. The molecular weight excluding hydrogens is 176 g/mol. The Hall–Kier alpha value is -1.45. The molecule has 0 N–H and O–H groups in total. The van der Waals surface area contributed by atoms with Crippen molar-refractivity contribution in [1.82, 2.24) is 20.0 Å². The zero-order chi connectivity index (χ0) is 9.76. The van der Waals surface area contributed by atoms with Gasteiger partial charge in [-0.3, -0.25) is 0 Å². The molecule has 0 saturated heterocycles. The first kappa shape index (κ1) is 7.91. The molecule has 1 fully saturated rings. The predicted molar refractivity (Wildman–Crippen MR) is 52.9 cm³/mol. The van der Waals surface area contributed by atoms with Gasteiger partial charge in [0.2, 0.25) is 0 Å². The zero-order valence-corrected chi connectivity index (χ0v) is 8.36. The maximum Gasteiger partial charge on any atom is 0.178 e. The van der Waals surface area contributed by atoms with E-state index in [9.17, 15) is 0 Å². The Morgan fingerprint density at radius 1 is 1.43 bits per heavy atom. The maximum atomic E-state index is 4.39. The Labute approximate surface area is 81.9 Å². The molecule has 3 rings (SSSR count). The monoisotopic (exact) mass is 188 g/mol. The van der Waals surface area contributed by atoms with Gasteiger partial charge in [-0.15, -0.1) is 5.10 Å². The first-order chi connectivity index (χ1) is 6.69. The summed E-state index contributed by atoms with van der Waals surface area (Å²) in [5, 5.41) is 8.01. The Kier molecular flexibility index (Phi) is 1.31. The molecule has 0 aromatic carbocycles. The third kappa shape index (κ3) is 0.967. The maximum absolute atomic E-state index is 4.39. The molecule has 2 aromatic heterocycles. The highest BCUT2D eigenvalue weighted by molar-refractivity contribution is 5.70. The number of rotatable bonds is 1. The van der Waals surface area contributed by atoms with Crippen molar-refractivity contribution in [3.05, 3.63) is 17.8 Å². The summed E-state index contributed by atoms with van der Waals surface area (Å²) < 4.78 is 1.70. The third-order valence-corrected chi connectivity index (χ3v) is 3.14. The van der Waals surface area contributed by atoms with Gasteiger partial charge < -0.3 is 0 Å². The molecule has 1 aliphatic carbocycles. The average Bonchev–Trinajstić information content (AvgIpc) is 2.84. The van der Waals surface area contributed by atoms with Crippen molar-refractivity contribution in [2.24, 2.45) is 7.05 Å². The molecule has 2 heterocycles. The van der Waals surface area contributed by atoms with E-state index in [1.165, 1.54) is 18.4 Å². The zero-order valence-electron chi connectivity index (χ0n) is 8.36. The fourth-order valence-electron chi connectivity index (χ4n) is 1.73. The molecule has 4 heteroatoms. The molecule has 14 heavy (non-hydrogen) atoms. The molecule has 72 valence electrons. The number of pyridine rings is 1. The van der Waals surface area contributed by atoms with Crippen molar-refractivity contribution < 1.29 is 0 Å². The second-order valence-electron chi connectivity index (χ2n) is 4.34. The van der Waals surface area contributed by atoms with Crippen molar-refractivity contribution in [1.29, 1.82) is 0 Å². The lowest BCUT2D eigenvalue weighted by molar-refractivity contribution is 0.729. The van der Waals surface area contributed by atoms with Crippen molar-refractivity contribution in [2.75, 3.05) is 0 Å². The van der Waals surface area contributed by atoms with Gasteiger partial charge in [-0.2, -0.15) is 0 Å². The lowest BCUT2D eigenvalue weighted by Gasteiger charge is -2.06. The second-order valence-corrected chi connectivity index (χ2v) is 4.34. The minimum Gasteiger partial charge on any atom is -0.235 e. The largest absolute Gasteiger partial charge is 0.235 e. The third-order valence-electron chi connectivity index (χ3n) is 3.14. The number of hydrogen-bond acceptors (Lipinski definition) is 3. The van der Waals surface area contributed by atoms with Crippen molar-refractivity contribution in [3.63, 3.8) is 0 Å². The van der Waals surface area contributed by atoms with Crippen LogP contribution in [0.4, 0.5) is 0 Å². The Morgan fingerprint density at radius 3 is 2.93 bits per heavy atom. The summed E-state index contributed by atoms with van der Waals surface area (Å²) >= 11 is 0. The molecule has 0 bridgehead atoms. The first-order valence-electron chi connectivity index (χ1n) is 4.85. The number of nitrogens with zero attached hydrogens (tertiary/aromatic N) is 4. The van der Waals surface area contributed by atoms with Gasteiger partial charge in [-0.25, -0.2) is 9.67 Å². The van der Waals surface area contributed by atoms with E-state index in [1.807, 2.05) is 13.2 Å². The molecule has 1 aliphatic rings. The van der Waals surface area contributed by atoms with Gasteiger partial charge >= 0.3 is 0 Å². The fraction of sp³-hybridized carbons (Fsp3) is 0.500. The number of aromatic nitrogens is 4. The van der Waals surface area contributed by atoms with Crippen LogP contribution in [-0.4, -0.2) is 20.0 Å². The van der Waals surface area contributed by atoms with Gasteiger partial charge in [0.1, 0.15) is 5.52 Å². The normalized spacial score (nSPS) is 18.7. The lowest BCUT2D eigenvalue weighted by Crippen LogP contribution is -2.00. The SMILES string of the molecule is Cn1nnc2cc(C3(C)CC3)cnc21. The lowest BCUT2D eigenvalue weighted by atomic mass is 10.0. The molecule has 0 aliphatic heterocycles. The number of fused-ring (bicyclic) bond motifs is 1. The Morgan fingerprint density at radius 2 is 2.21 bits per heavy atom. The minimum atomic E-state index is 0.360. The van der Waals surface area contributed by atoms with E-state index in [0.29, 0.717) is 5.41 Å². The van der Waals surface area contributed by atoms with Crippen LogP contribution < -0.4 is 0 Å². The topological polar surface area (TPSA) is 43.6 Å². The van der Waals surface area contributed by atoms with Crippen LogP contribution in [0.25, 0.3) is 11.2 Å². The van der Waals surface area contributed by atoms with Crippen LogP contribution in [0, 0.1) is 0 Å². The van der Waals surface area contributed by atoms with Crippen molar-refractivity contribution in [2.45, 2.75) is 25.2 Å². The summed E-state index contributed by atoms with van der Waals surface area (Å²) in [5.41, 5.74) is 3.42. The minimum absolute atomic E-state index is 0.360. The van der Waals surface area contributed by atoms with Crippen LogP contribution in [0.15, 0.2) is 12.3 Å². The smallest absolute Gasteiger partial charge is 0.178 e. The van der Waals surface area contributed by atoms with Gasteiger partial charge in [0, 0.05) is 13.2 Å². The predicted octanol–water partition coefficient (Wildman–Crippen LogP) is 1.41. The highest BCUT2D eigenvalue weighted by Crippen LogP contribution is 2.47. The average molecular weight is 188 g/mol. The summed E-state index contributed by atoms with van der Waals surface area (Å²) in [6.07, 6.45) is 4.49. The standard InChI is InChI=1S/C10H12N4/c1-10(3-4-10)7-5-8-9(11-6-7)14(2)13-12-8/h5-6H,3-4H2,1-2H3. The summed E-state index contributed by atoms with van der Waals surface area (Å²) in [6, 6.07) is 2.11. The van der Waals surface area contributed by atoms with Gasteiger partial charge in [0.05, 0.1) is 0 Å². The molecule has 4 nitrogen and oxygen atoms in total. The van der Waals surface area contributed by atoms with E-state index in [0.717, 1.165) is 11.2 Å². The summed E-state index contributed by atoms with van der Waals surface area (Å²) in [4.78, 5) is 4.39. The van der Waals surface area contributed by atoms with E-state index in [4.69, 9.17) is 0 Å².